The summed E-state index contributed by atoms with van der Waals surface area (Å²) in [5, 5.41) is 9.97. The van der Waals surface area contributed by atoms with Crippen molar-refractivity contribution < 1.29 is 9.90 Å². The molecular weight excluding hydrogens is 276 g/mol. The Labute approximate surface area is 130 Å². The third-order valence-corrected chi connectivity index (χ3v) is 4.18. The van der Waals surface area contributed by atoms with Gasteiger partial charge in [0.2, 0.25) is 0 Å². The monoisotopic (exact) mass is 296 g/mol. The summed E-state index contributed by atoms with van der Waals surface area (Å²) in [5.74, 6) is -0.291. The summed E-state index contributed by atoms with van der Waals surface area (Å²) in [4.78, 5) is 18.9. The zero-order valence-electron chi connectivity index (χ0n) is 12.5. The van der Waals surface area contributed by atoms with E-state index in [1.165, 1.54) is 18.7 Å². The van der Waals surface area contributed by atoms with Gasteiger partial charge < -0.3 is 10.0 Å². The number of hydrogen-bond acceptors (Lipinski definition) is 3. The number of para-hydroxylation sites is 1. The van der Waals surface area contributed by atoms with Crippen LogP contribution in [0.2, 0.25) is 0 Å². The summed E-state index contributed by atoms with van der Waals surface area (Å²) in [6, 6.07) is 13.0. The van der Waals surface area contributed by atoms with Gasteiger partial charge in [0, 0.05) is 17.9 Å². The second-order valence-corrected chi connectivity index (χ2v) is 5.67. The number of pyridine rings is 1. The molecule has 0 radical (unpaired) electrons. The highest BCUT2D eigenvalue weighted by Gasteiger charge is 2.29. The van der Waals surface area contributed by atoms with Crippen LogP contribution in [-0.2, 0) is 0 Å². The van der Waals surface area contributed by atoms with E-state index < -0.39 is 0 Å². The van der Waals surface area contributed by atoms with Crippen LogP contribution in [0.15, 0.2) is 48.7 Å². The van der Waals surface area contributed by atoms with Crippen LogP contribution in [0.4, 0.5) is 5.69 Å². The minimum absolute atomic E-state index is 0.0655. The van der Waals surface area contributed by atoms with Crippen LogP contribution < -0.4 is 4.90 Å². The van der Waals surface area contributed by atoms with Crippen LogP contribution in [-0.4, -0.2) is 22.0 Å². The van der Waals surface area contributed by atoms with Crippen molar-refractivity contribution in [1.29, 1.82) is 0 Å². The lowest BCUT2D eigenvalue weighted by atomic mass is 9.93. The molecule has 0 aliphatic heterocycles. The third-order valence-electron chi connectivity index (χ3n) is 4.18. The molecule has 22 heavy (non-hydrogen) atoms. The lowest BCUT2D eigenvalue weighted by Gasteiger charge is -2.34. The fraction of sp³-hybridized carbons (Fsp3) is 0.333. The van der Waals surface area contributed by atoms with Gasteiger partial charge in [-0.15, -0.1) is 0 Å². The molecule has 4 nitrogen and oxygen atoms in total. The maximum absolute atomic E-state index is 13.0. The topological polar surface area (TPSA) is 53.4 Å². The third kappa shape index (κ3) is 2.96. The SMILES string of the molecule is O=C(c1ncccc1O)N(c1ccccc1)C1CCCCC1. The average Bonchev–Trinajstić information content (AvgIpc) is 2.57. The van der Waals surface area contributed by atoms with E-state index in [-0.39, 0.29) is 23.4 Å². The van der Waals surface area contributed by atoms with E-state index in [1.54, 1.807) is 11.0 Å². The molecule has 2 aromatic rings. The Morgan fingerprint density at radius 2 is 1.77 bits per heavy atom. The molecule has 1 amide bonds. The van der Waals surface area contributed by atoms with Crippen molar-refractivity contribution in [1.82, 2.24) is 4.98 Å². The van der Waals surface area contributed by atoms with Gasteiger partial charge in [0.05, 0.1) is 0 Å². The largest absolute Gasteiger partial charge is 0.505 e. The zero-order chi connectivity index (χ0) is 15.4. The normalized spacial score (nSPS) is 15.5. The molecule has 1 fully saturated rings. The van der Waals surface area contributed by atoms with Crippen molar-refractivity contribution in [3.05, 3.63) is 54.4 Å². The molecule has 1 aromatic carbocycles. The smallest absolute Gasteiger partial charge is 0.280 e. The molecule has 114 valence electrons. The van der Waals surface area contributed by atoms with Gasteiger partial charge in [0.15, 0.2) is 5.69 Å². The molecule has 0 bridgehead atoms. The van der Waals surface area contributed by atoms with Crippen molar-refractivity contribution >= 4 is 11.6 Å². The predicted octanol–water partition coefficient (Wildman–Crippen LogP) is 3.77. The first-order chi connectivity index (χ1) is 10.8. The van der Waals surface area contributed by atoms with Gasteiger partial charge in [-0.1, -0.05) is 37.5 Å². The van der Waals surface area contributed by atoms with Crippen molar-refractivity contribution in [2.24, 2.45) is 0 Å². The summed E-state index contributed by atoms with van der Waals surface area (Å²) in [7, 11) is 0. The number of aromatic nitrogens is 1. The van der Waals surface area contributed by atoms with E-state index in [4.69, 9.17) is 0 Å². The van der Waals surface area contributed by atoms with Crippen LogP contribution >= 0.6 is 0 Å². The number of hydrogen-bond donors (Lipinski definition) is 1. The number of aromatic hydroxyl groups is 1. The number of carbonyl (C=O) groups is 1. The summed E-state index contributed by atoms with van der Waals surface area (Å²) in [5.41, 5.74) is 0.987. The van der Waals surface area contributed by atoms with Gasteiger partial charge in [-0.25, -0.2) is 4.98 Å². The minimum Gasteiger partial charge on any atom is -0.505 e. The Morgan fingerprint density at radius 3 is 2.45 bits per heavy atom. The molecule has 0 atom stereocenters. The Morgan fingerprint density at radius 1 is 1.05 bits per heavy atom. The highest BCUT2D eigenvalue weighted by Crippen LogP contribution is 2.29. The molecule has 4 heteroatoms. The standard InChI is InChI=1S/C18H20N2O2/c21-16-12-7-13-19-17(16)18(22)20(14-8-3-1-4-9-14)15-10-5-2-6-11-15/h1,3-4,7-9,12-13,15,21H,2,5-6,10-11H2. The average molecular weight is 296 g/mol. The van der Waals surface area contributed by atoms with E-state index in [2.05, 4.69) is 4.98 Å². The molecule has 1 heterocycles. The fourth-order valence-corrected chi connectivity index (χ4v) is 3.10. The molecular formula is C18H20N2O2. The van der Waals surface area contributed by atoms with Crippen molar-refractivity contribution in [2.45, 2.75) is 38.1 Å². The maximum atomic E-state index is 13.0. The summed E-state index contributed by atoms with van der Waals surface area (Å²) in [6.07, 6.45) is 7.02. The number of nitrogens with zero attached hydrogens (tertiary/aromatic N) is 2. The van der Waals surface area contributed by atoms with Crippen molar-refractivity contribution in [2.75, 3.05) is 4.90 Å². The Balaban J connectivity index is 1.98. The van der Waals surface area contributed by atoms with E-state index in [9.17, 15) is 9.90 Å². The van der Waals surface area contributed by atoms with Crippen LogP contribution in [0.3, 0.4) is 0 Å². The van der Waals surface area contributed by atoms with Crippen LogP contribution in [0, 0.1) is 0 Å². The molecule has 0 saturated heterocycles. The summed E-state index contributed by atoms with van der Waals surface area (Å²) >= 11 is 0. The van der Waals surface area contributed by atoms with Gasteiger partial charge >= 0.3 is 0 Å². The summed E-state index contributed by atoms with van der Waals surface area (Å²) < 4.78 is 0. The quantitative estimate of drug-likeness (QED) is 0.938. The molecule has 1 aliphatic carbocycles. The van der Waals surface area contributed by atoms with Crippen LogP contribution in [0.25, 0.3) is 0 Å². The second-order valence-electron chi connectivity index (χ2n) is 5.67. The predicted molar refractivity (Wildman–Crippen MR) is 86.0 cm³/mol. The van der Waals surface area contributed by atoms with Gasteiger partial charge in [0.25, 0.3) is 5.91 Å². The fourth-order valence-electron chi connectivity index (χ4n) is 3.10. The first-order valence-corrected chi connectivity index (χ1v) is 7.80. The molecule has 3 rings (SSSR count). The van der Waals surface area contributed by atoms with E-state index >= 15 is 0 Å². The maximum Gasteiger partial charge on any atom is 0.280 e. The number of benzene rings is 1. The lowest BCUT2D eigenvalue weighted by Crippen LogP contribution is -2.42. The second kappa shape index (κ2) is 6.60. The van der Waals surface area contributed by atoms with E-state index in [1.807, 2.05) is 30.3 Å². The molecule has 0 spiro atoms. The van der Waals surface area contributed by atoms with Gasteiger partial charge in [-0.3, -0.25) is 4.79 Å². The minimum atomic E-state index is -0.226. The lowest BCUT2D eigenvalue weighted by molar-refractivity contribution is 0.0963. The Hall–Kier alpha value is -2.36. The van der Waals surface area contributed by atoms with Crippen molar-refractivity contribution in [3.8, 4) is 5.75 Å². The molecule has 1 saturated carbocycles. The van der Waals surface area contributed by atoms with Crippen LogP contribution in [0.1, 0.15) is 42.6 Å². The zero-order valence-corrected chi connectivity index (χ0v) is 12.5. The first-order valence-electron chi connectivity index (χ1n) is 7.80. The van der Waals surface area contributed by atoms with Crippen LogP contribution in [0.5, 0.6) is 5.75 Å². The number of carbonyl (C=O) groups excluding carboxylic acids is 1. The molecule has 1 N–H and O–H groups in total. The molecule has 1 aliphatic rings. The highest BCUT2D eigenvalue weighted by atomic mass is 16.3. The first kappa shape index (κ1) is 14.6. The summed E-state index contributed by atoms with van der Waals surface area (Å²) in [6.45, 7) is 0. The highest BCUT2D eigenvalue weighted by molar-refractivity contribution is 6.06. The molecule has 1 aromatic heterocycles. The Kier molecular flexibility index (Phi) is 4.37. The van der Waals surface area contributed by atoms with Gasteiger partial charge in [0.1, 0.15) is 5.75 Å². The van der Waals surface area contributed by atoms with Crippen molar-refractivity contribution in [3.63, 3.8) is 0 Å². The Bertz CT molecular complexity index is 637. The van der Waals surface area contributed by atoms with E-state index in [0.29, 0.717) is 0 Å². The van der Waals surface area contributed by atoms with E-state index in [0.717, 1.165) is 31.4 Å². The number of rotatable bonds is 3. The van der Waals surface area contributed by atoms with Gasteiger partial charge in [-0.05, 0) is 37.1 Å². The molecule has 0 unspecified atom stereocenters. The number of amides is 1. The van der Waals surface area contributed by atoms with Gasteiger partial charge in [-0.2, -0.15) is 0 Å². The number of anilines is 1.